The van der Waals surface area contributed by atoms with Crippen molar-refractivity contribution in [3.8, 4) is 0 Å². The highest BCUT2D eigenvalue weighted by Gasteiger charge is 2.35. The van der Waals surface area contributed by atoms with Crippen LogP contribution in [0.4, 0.5) is 0 Å². The molecule has 20 heavy (non-hydrogen) atoms. The zero-order valence-corrected chi connectivity index (χ0v) is 13.1. The van der Waals surface area contributed by atoms with Gasteiger partial charge in [0.25, 0.3) is 0 Å². The van der Waals surface area contributed by atoms with Crippen LogP contribution in [0.5, 0.6) is 0 Å². The number of hydrogen-bond donors (Lipinski definition) is 2. The van der Waals surface area contributed by atoms with E-state index in [-0.39, 0.29) is 11.5 Å². The lowest BCUT2D eigenvalue weighted by Crippen LogP contribution is -2.45. The molecule has 2 unspecified atom stereocenters. The van der Waals surface area contributed by atoms with Gasteiger partial charge in [-0.1, -0.05) is 13.8 Å². The monoisotopic (exact) mass is 286 g/mol. The van der Waals surface area contributed by atoms with Gasteiger partial charge in [-0.15, -0.1) is 0 Å². The Morgan fingerprint density at radius 2 is 2.20 bits per heavy atom. The fraction of sp³-hybridized carbons (Fsp3) is 0.933. The lowest BCUT2D eigenvalue weighted by molar-refractivity contribution is -0.123. The SMILES string of the molecule is COC1(CNC(=O)CCC(CCN)C(C)C)CCOC1. The van der Waals surface area contributed by atoms with Gasteiger partial charge < -0.3 is 20.5 Å². The largest absolute Gasteiger partial charge is 0.378 e. The van der Waals surface area contributed by atoms with Gasteiger partial charge in [-0.05, 0) is 31.2 Å². The summed E-state index contributed by atoms with van der Waals surface area (Å²) in [5, 5.41) is 2.98. The van der Waals surface area contributed by atoms with E-state index in [0.717, 1.165) is 19.3 Å². The molecule has 5 heteroatoms. The third-order valence-corrected chi connectivity index (χ3v) is 4.33. The van der Waals surface area contributed by atoms with Crippen LogP contribution in [0.1, 0.15) is 39.5 Å². The van der Waals surface area contributed by atoms with Gasteiger partial charge in [0, 0.05) is 33.1 Å². The molecule has 0 radical (unpaired) electrons. The fourth-order valence-electron chi connectivity index (χ4n) is 2.65. The average Bonchev–Trinajstić information content (AvgIpc) is 2.90. The molecule has 1 saturated heterocycles. The highest BCUT2D eigenvalue weighted by molar-refractivity contribution is 5.75. The highest BCUT2D eigenvalue weighted by Crippen LogP contribution is 2.22. The van der Waals surface area contributed by atoms with E-state index in [9.17, 15) is 4.79 Å². The van der Waals surface area contributed by atoms with Gasteiger partial charge in [-0.2, -0.15) is 0 Å². The first-order valence-electron chi connectivity index (χ1n) is 7.62. The summed E-state index contributed by atoms with van der Waals surface area (Å²) in [5.74, 6) is 1.19. The van der Waals surface area contributed by atoms with E-state index in [1.807, 2.05) is 0 Å². The van der Waals surface area contributed by atoms with E-state index in [1.165, 1.54) is 0 Å². The Hall–Kier alpha value is -0.650. The second-order valence-electron chi connectivity index (χ2n) is 6.09. The van der Waals surface area contributed by atoms with Crippen molar-refractivity contribution in [2.75, 3.05) is 33.4 Å². The van der Waals surface area contributed by atoms with Crippen molar-refractivity contribution in [3.05, 3.63) is 0 Å². The van der Waals surface area contributed by atoms with Crippen molar-refractivity contribution in [1.82, 2.24) is 5.32 Å². The van der Waals surface area contributed by atoms with Crippen molar-refractivity contribution < 1.29 is 14.3 Å². The molecule has 5 nitrogen and oxygen atoms in total. The van der Waals surface area contributed by atoms with E-state index >= 15 is 0 Å². The van der Waals surface area contributed by atoms with Crippen LogP contribution in [0.15, 0.2) is 0 Å². The second kappa shape index (κ2) is 8.60. The zero-order valence-electron chi connectivity index (χ0n) is 13.1. The first-order valence-corrected chi connectivity index (χ1v) is 7.62. The molecular weight excluding hydrogens is 256 g/mol. The minimum atomic E-state index is -0.329. The Morgan fingerprint density at radius 1 is 1.45 bits per heavy atom. The summed E-state index contributed by atoms with van der Waals surface area (Å²) in [5.41, 5.74) is 5.29. The molecule has 1 amide bonds. The van der Waals surface area contributed by atoms with Crippen LogP contribution in [0.2, 0.25) is 0 Å². The molecule has 1 heterocycles. The number of rotatable bonds is 9. The molecule has 3 N–H and O–H groups in total. The van der Waals surface area contributed by atoms with Crippen LogP contribution in [-0.4, -0.2) is 44.9 Å². The summed E-state index contributed by atoms with van der Waals surface area (Å²) >= 11 is 0. The maximum Gasteiger partial charge on any atom is 0.220 e. The topological polar surface area (TPSA) is 73.6 Å². The minimum Gasteiger partial charge on any atom is -0.378 e. The first-order chi connectivity index (χ1) is 9.53. The Morgan fingerprint density at radius 3 is 2.70 bits per heavy atom. The van der Waals surface area contributed by atoms with Crippen LogP contribution in [-0.2, 0) is 14.3 Å². The molecule has 118 valence electrons. The van der Waals surface area contributed by atoms with Crippen LogP contribution in [0.25, 0.3) is 0 Å². The van der Waals surface area contributed by atoms with Crippen LogP contribution >= 0.6 is 0 Å². The van der Waals surface area contributed by atoms with Crippen molar-refractivity contribution in [2.45, 2.75) is 45.1 Å². The third-order valence-electron chi connectivity index (χ3n) is 4.33. The lowest BCUT2D eigenvalue weighted by atomic mass is 9.88. The first kappa shape index (κ1) is 17.4. The number of nitrogens with one attached hydrogen (secondary N) is 1. The number of hydrogen-bond acceptors (Lipinski definition) is 4. The van der Waals surface area contributed by atoms with Gasteiger partial charge >= 0.3 is 0 Å². The number of carbonyl (C=O) groups is 1. The molecule has 0 aliphatic carbocycles. The van der Waals surface area contributed by atoms with Crippen LogP contribution in [0.3, 0.4) is 0 Å². The van der Waals surface area contributed by atoms with E-state index in [2.05, 4.69) is 19.2 Å². The molecule has 0 aromatic heterocycles. The summed E-state index contributed by atoms with van der Waals surface area (Å²) in [6.45, 7) is 6.86. The molecule has 0 aromatic carbocycles. The van der Waals surface area contributed by atoms with Crippen LogP contribution < -0.4 is 11.1 Å². The van der Waals surface area contributed by atoms with Crippen molar-refractivity contribution in [2.24, 2.45) is 17.6 Å². The molecule has 1 aliphatic heterocycles. The molecule has 0 spiro atoms. The quantitative estimate of drug-likeness (QED) is 0.670. The van der Waals surface area contributed by atoms with Gasteiger partial charge in [0.15, 0.2) is 0 Å². The summed E-state index contributed by atoms with van der Waals surface area (Å²) in [6, 6.07) is 0. The van der Waals surface area contributed by atoms with Gasteiger partial charge in [0.05, 0.1) is 6.61 Å². The second-order valence-corrected chi connectivity index (χ2v) is 6.09. The molecule has 1 aliphatic rings. The predicted octanol–water partition coefficient (Wildman–Crippen LogP) is 1.31. The third kappa shape index (κ3) is 5.38. The number of methoxy groups -OCH3 is 1. The standard InChI is InChI=1S/C15H30N2O3/c1-12(2)13(6-8-16)4-5-14(18)17-10-15(19-3)7-9-20-11-15/h12-13H,4-11,16H2,1-3H3,(H,17,18). The summed E-state index contributed by atoms with van der Waals surface area (Å²) < 4.78 is 10.9. The average molecular weight is 286 g/mol. The number of ether oxygens (including phenoxy) is 2. The summed E-state index contributed by atoms with van der Waals surface area (Å²) in [6.07, 6.45) is 3.28. The van der Waals surface area contributed by atoms with Gasteiger partial charge in [0.2, 0.25) is 5.91 Å². The number of nitrogens with two attached hydrogens (primary N) is 1. The predicted molar refractivity (Wildman–Crippen MR) is 79.4 cm³/mol. The Balaban J connectivity index is 2.29. The molecule has 0 saturated carbocycles. The summed E-state index contributed by atoms with van der Waals surface area (Å²) in [4.78, 5) is 12.0. The summed E-state index contributed by atoms with van der Waals surface area (Å²) in [7, 11) is 1.68. The van der Waals surface area contributed by atoms with Gasteiger partial charge in [-0.3, -0.25) is 4.79 Å². The lowest BCUT2D eigenvalue weighted by Gasteiger charge is -2.26. The fourth-order valence-corrected chi connectivity index (χ4v) is 2.65. The van der Waals surface area contributed by atoms with Crippen LogP contribution in [0, 0.1) is 11.8 Å². The molecular formula is C15H30N2O3. The Bertz CT molecular complexity index is 289. The number of amides is 1. The van der Waals surface area contributed by atoms with E-state index in [1.54, 1.807) is 7.11 Å². The minimum absolute atomic E-state index is 0.0935. The smallest absolute Gasteiger partial charge is 0.220 e. The van der Waals surface area contributed by atoms with Crippen molar-refractivity contribution in [3.63, 3.8) is 0 Å². The van der Waals surface area contributed by atoms with Crippen molar-refractivity contribution >= 4 is 5.91 Å². The van der Waals surface area contributed by atoms with Gasteiger partial charge in [0.1, 0.15) is 5.60 Å². The maximum atomic E-state index is 12.0. The van der Waals surface area contributed by atoms with Crippen molar-refractivity contribution in [1.29, 1.82) is 0 Å². The molecule has 0 bridgehead atoms. The maximum absolute atomic E-state index is 12.0. The van der Waals surface area contributed by atoms with E-state index < -0.39 is 0 Å². The Labute approximate surface area is 122 Å². The normalized spacial score (nSPS) is 24.1. The number of carbonyl (C=O) groups excluding carboxylic acids is 1. The van der Waals surface area contributed by atoms with Gasteiger partial charge in [-0.25, -0.2) is 0 Å². The molecule has 2 atom stereocenters. The molecule has 0 aromatic rings. The van der Waals surface area contributed by atoms with E-state index in [4.69, 9.17) is 15.2 Å². The van der Waals surface area contributed by atoms with E-state index in [0.29, 0.717) is 44.6 Å². The zero-order chi connectivity index (χ0) is 15.0. The Kier molecular flexibility index (Phi) is 7.48. The highest BCUT2D eigenvalue weighted by atomic mass is 16.5. The molecule has 1 fully saturated rings. The molecule has 1 rings (SSSR count).